The van der Waals surface area contributed by atoms with E-state index in [0.717, 1.165) is 38.3 Å². The maximum absolute atomic E-state index is 9.50. The van der Waals surface area contributed by atoms with Crippen LogP contribution in [0.1, 0.15) is 46.6 Å². The van der Waals surface area contributed by atoms with E-state index in [4.69, 9.17) is 9.47 Å². The Balaban J connectivity index is 1.89. The number of nitrogens with zero attached hydrogens (tertiary/aromatic N) is 2. The van der Waals surface area contributed by atoms with Crippen molar-refractivity contribution in [2.75, 3.05) is 37.8 Å². The van der Waals surface area contributed by atoms with Gasteiger partial charge in [-0.05, 0) is 76.8 Å². The Labute approximate surface area is 174 Å². The molecule has 1 aromatic rings. The van der Waals surface area contributed by atoms with Crippen LogP contribution < -0.4 is 9.62 Å². The number of allylic oxidation sites excluding steroid dienone is 1. The zero-order chi connectivity index (χ0) is 20.6. The summed E-state index contributed by atoms with van der Waals surface area (Å²) in [6.07, 6.45) is 2.78. The number of benzene rings is 1. The highest BCUT2D eigenvalue weighted by molar-refractivity contribution is 8.01. The third-order valence-corrected chi connectivity index (χ3v) is 5.46. The molecule has 0 aromatic heterocycles. The van der Waals surface area contributed by atoms with Crippen molar-refractivity contribution in [3.63, 3.8) is 0 Å². The smallest absolute Gasteiger partial charge is 0.107 e. The van der Waals surface area contributed by atoms with Gasteiger partial charge in [-0.25, -0.2) is 0 Å². The number of rotatable bonds is 8. The van der Waals surface area contributed by atoms with E-state index in [9.17, 15) is 5.26 Å². The van der Waals surface area contributed by atoms with E-state index in [1.807, 2.05) is 6.08 Å². The highest BCUT2D eigenvalue weighted by Crippen LogP contribution is 2.23. The maximum atomic E-state index is 9.50. The molecule has 0 amide bonds. The van der Waals surface area contributed by atoms with Gasteiger partial charge in [0, 0.05) is 30.9 Å². The molecule has 6 heteroatoms. The van der Waals surface area contributed by atoms with Crippen molar-refractivity contribution in [2.24, 2.45) is 0 Å². The SMILES string of the molecule is CC(C)(CCOC(C)(C)C)NS/C(C#N)=C/c1ccc(N2CCOCC2)cc1. The second-order valence-electron chi connectivity index (χ2n) is 8.61. The first-order valence-corrected chi connectivity index (χ1v) is 10.6. The van der Waals surface area contributed by atoms with Crippen molar-refractivity contribution < 1.29 is 9.47 Å². The van der Waals surface area contributed by atoms with Gasteiger partial charge in [0.2, 0.25) is 0 Å². The lowest BCUT2D eigenvalue weighted by Crippen LogP contribution is -2.36. The standard InChI is InChI=1S/C22H33N3O2S/c1-21(2,3)27-13-10-22(4,5)24-28-20(17-23)16-18-6-8-19(9-7-18)25-11-14-26-15-12-25/h6-9,16,24H,10-15H2,1-5H3/b20-16+. The molecule has 1 fully saturated rings. The zero-order valence-corrected chi connectivity index (χ0v) is 18.6. The minimum absolute atomic E-state index is 0.131. The first-order chi connectivity index (χ1) is 13.2. The van der Waals surface area contributed by atoms with Crippen LogP contribution in [0.25, 0.3) is 6.08 Å². The van der Waals surface area contributed by atoms with Gasteiger partial charge in [0.15, 0.2) is 0 Å². The Morgan fingerprint density at radius 1 is 1.21 bits per heavy atom. The van der Waals surface area contributed by atoms with Crippen molar-refractivity contribution in [1.29, 1.82) is 5.26 Å². The van der Waals surface area contributed by atoms with E-state index >= 15 is 0 Å². The summed E-state index contributed by atoms with van der Waals surface area (Å²) in [5, 5.41) is 9.50. The van der Waals surface area contributed by atoms with Gasteiger partial charge in [0.25, 0.3) is 0 Å². The van der Waals surface area contributed by atoms with Gasteiger partial charge in [-0.1, -0.05) is 12.1 Å². The predicted molar refractivity (Wildman–Crippen MR) is 118 cm³/mol. The molecule has 0 aliphatic carbocycles. The molecule has 1 aromatic carbocycles. The summed E-state index contributed by atoms with van der Waals surface area (Å²) in [5.41, 5.74) is 1.96. The normalized spacial score (nSPS) is 16.1. The van der Waals surface area contributed by atoms with Crippen molar-refractivity contribution in [3.8, 4) is 6.07 Å². The predicted octanol–water partition coefficient (Wildman–Crippen LogP) is 4.61. The highest BCUT2D eigenvalue weighted by atomic mass is 32.2. The lowest BCUT2D eigenvalue weighted by molar-refractivity contribution is -0.0101. The van der Waals surface area contributed by atoms with Crippen LogP contribution in [0.4, 0.5) is 5.69 Å². The van der Waals surface area contributed by atoms with Crippen LogP contribution in [0, 0.1) is 11.3 Å². The third-order valence-electron chi connectivity index (χ3n) is 4.38. The number of hydrogen-bond acceptors (Lipinski definition) is 6. The summed E-state index contributed by atoms with van der Waals surface area (Å²) in [5.74, 6) is 0. The summed E-state index contributed by atoms with van der Waals surface area (Å²) >= 11 is 1.38. The molecule has 28 heavy (non-hydrogen) atoms. The van der Waals surface area contributed by atoms with Crippen LogP contribution in [-0.4, -0.2) is 44.1 Å². The molecular weight excluding hydrogens is 370 g/mol. The molecule has 0 radical (unpaired) electrons. The minimum atomic E-state index is -0.133. The van der Waals surface area contributed by atoms with Gasteiger partial charge >= 0.3 is 0 Å². The average Bonchev–Trinajstić information content (AvgIpc) is 2.65. The summed E-state index contributed by atoms with van der Waals surface area (Å²) < 4.78 is 14.6. The van der Waals surface area contributed by atoms with Crippen LogP contribution in [0.15, 0.2) is 29.2 Å². The number of nitriles is 1. The van der Waals surface area contributed by atoms with Crippen molar-refractivity contribution in [2.45, 2.75) is 52.2 Å². The molecule has 2 rings (SSSR count). The first kappa shape index (κ1) is 22.8. The molecule has 0 unspecified atom stereocenters. The molecular formula is C22H33N3O2S. The van der Waals surface area contributed by atoms with Crippen LogP contribution >= 0.6 is 11.9 Å². The van der Waals surface area contributed by atoms with E-state index in [1.165, 1.54) is 17.6 Å². The molecule has 1 saturated heterocycles. The lowest BCUT2D eigenvalue weighted by Gasteiger charge is -2.28. The van der Waals surface area contributed by atoms with Gasteiger partial charge in [-0.15, -0.1) is 0 Å². The Kier molecular flexibility index (Phi) is 8.38. The number of ether oxygens (including phenoxy) is 2. The molecule has 0 spiro atoms. The van der Waals surface area contributed by atoms with Gasteiger partial charge in [-0.3, -0.25) is 4.72 Å². The molecule has 0 saturated carbocycles. The second kappa shape index (κ2) is 10.3. The largest absolute Gasteiger partial charge is 0.378 e. The molecule has 0 atom stereocenters. The molecule has 1 heterocycles. The first-order valence-electron chi connectivity index (χ1n) is 9.81. The van der Waals surface area contributed by atoms with Crippen LogP contribution in [0.5, 0.6) is 0 Å². The second-order valence-corrected chi connectivity index (χ2v) is 9.46. The van der Waals surface area contributed by atoms with Crippen molar-refractivity contribution in [3.05, 3.63) is 34.7 Å². The Morgan fingerprint density at radius 2 is 1.86 bits per heavy atom. The fourth-order valence-electron chi connectivity index (χ4n) is 2.70. The summed E-state index contributed by atoms with van der Waals surface area (Å²) in [4.78, 5) is 2.96. The van der Waals surface area contributed by atoms with Crippen LogP contribution in [0.3, 0.4) is 0 Å². The van der Waals surface area contributed by atoms with Gasteiger partial charge in [0.1, 0.15) is 11.0 Å². The minimum Gasteiger partial charge on any atom is -0.378 e. The number of hydrogen-bond donors (Lipinski definition) is 1. The third kappa shape index (κ3) is 8.24. The summed E-state index contributed by atoms with van der Waals surface area (Å²) in [6, 6.07) is 10.6. The van der Waals surface area contributed by atoms with E-state index in [1.54, 1.807) is 0 Å². The Hall–Kier alpha value is -1.52. The van der Waals surface area contributed by atoms with Crippen molar-refractivity contribution >= 4 is 23.7 Å². The van der Waals surface area contributed by atoms with E-state index < -0.39 is 0 Å². The van der Waals surface area contributed by atoms with Crippen LogP contribution in [0.2, 0.25) is 0 Å². The van der Waals surface area contributed by atoms with Crippen LogP contribution in [-0.2, 0) is 9.47 Å². The number of morpholine rings is 1. The molecule has 0 bridgehead atoms. The Morgan fingerprint density at radius 3 is 2.43 bits per heavy atom. The number of anilines is 1. The summed E-state index contributed by atoms with van der Waals surface area (Å²) in [6.45, 7) is 14.5. The fourth-order valence-corrected chi connectivity index (χ4v) is 3.42. The Bertz CT molecular complexity index is 681. The van der Waals surface area contributed by atoms with E-state index in [2.05, 4.69) is 74.6 Å². The number of nitrogens with one attached hydrogen (secondary N) is 1. The van der Waals surface area contributed by atoms with Gasteiger partial charge in [0.05, 0.1) is 18.8 Å². The maximum Gasteiger partial charge on any atom is 0.107 e. The lowest BCUT2D eigenvalue weighted by atomic mass is 10.0. The fraction of sp³-hybridized carbons (Fsp3) is 0.591. The molecule has 1 aliphatic rings. The van der Waals surface area contributed by atoms with E-state index in [0.29, 0.717) is 11.5 Å². The monoisotopic (exact) mass is 403 g/mol. The average molecular weight is 404 g/mol. The van der Waals surface area contributed by atoms with Gasteiger partial charge in [-0.2, -0.15) is 5.26 Å². The molecule has 5 nitrogen and oxygen atoms in total. The summed E-state index contributed by atoms with van der Waals surface area (Å²) in [7, 11) is 0. The van der Waals surface area contributed by atoms with Gasteiger partial charge < -0.3 is 14.4 Å². The topological polar surface area (TPSA) is 57.5 Å². The molecule has 1 aliphatic heterocycles. The zero-order valence-electron chi connectivity index (χ0n) is 17.7. The molecule has 1 N–H and O–H groups in total. The quantitative estimate of drug-likeness (QED) is 0.505. The van der Waals surface area contributed by atoms with E-state index in [-0.39, 0.29) is 11.1 Å². The van der Waals surface area contributed by atoms with Crippen molar-refractivity contribution in [1.82, 2.24) is 4.72 Å². The molecule has 154 valence electrons. The highest BCUT2D eigenvalue weighted by Gasteiger charge is 2.20.